The molecule has 0 saturated carbocycles. The number of nitrogens with zero attached hydrogens (tertiary/aromatic N) is 1. The van der Waals surface area contributed by atoms with Crippen molar-refractivity contribution in [2.24, 2.45) is 5.14 Å². The van der Waals surface area contributed by atoms with Crippen LogP contribution < -0.4 is 5.14 Å². The van der Waals surface area contributed by atoms with Gasteiger partial charge in [0.25, 0.3) is 10.0 Å². The fourth-order valence-corrected chi connectivity index (χ4v) is 2.00. The lowest BCUT2D eigenvalue weighted by Crippen LogP contribution is -2.20. The molecule has 0 aliphatic carbocycles. The SMILES string of the molecule is CC(=O)OC(CF)c1cccnc1S(N)(=O)=O. The molecule has 0 saturated heterocycles. The van der Waals surface area contributed by atoms with Gasteiger partial charge in [-0.1, -0.05) is 6.07 Å². The molecule has 0 radical (unpaired) electrons. The summed E-state index contributed by atoms with van der Waals surface area (Å²) < 4.78 is 39.8. The van der Waals surface area contributed by atoms with Crippen molar-refractivity contribution in [3.8, 4) is 0 Å². The molecule has 17 heavy (non-hydrogen) atoms. The van der Waals surface area contributed by atoms with E-state index in [1.165, 1.54) is 18.3 Å². The molecule has 8 heteroatoms. The Kier molecular flexibility index (Phi) is 4.13. The summed E-state index contributed by atoms with van der Waals surface area (Å²) in [6.45, 7) is 0.0312. The summed E-state index contributed by atoms with van der Waals surface area (Å²) in [5.41, 5.74) is -0.0762. The molecule has 0 bridgehead atoms. The minimum atomic E-state index is -4.09. The number of halogens is 1. The van der Waals surface area contributed by atoms with Crippen LogP contribution in [0.15, 0.2) is 23.4 Å². The molecular formula is C9H11FN2O4S. The Morgan fingerprint density at radius 3 is 2.76 bits per heavy atom. The van der Waals surface area contributed by atoms with Crippen LogP contribution in [0.5, 0.6) is 0 Å². The first-order valence-electron chi connectivity index (χ1n) is 4.57. The topological polar surface area (TPSA) is 99.3 Å². The zero-order chi connectivity index (χ0) is 13.1. The van der Waals surface area contributed by atoms with Crippen molar-refractivity contribution in [1.29, 1.82) is 0 Å². The molecule has 1 aromatic heterocycles. The van der Waals surface area contributed by atoms with Crippen molar-refractivity contribution in [3.63, 3.8) is 0 Å². The van der Waals surface area contributed by atoms with Crippen LogP contribution in [0.3, 0.4) is 0 Å². The summed E-state index contributed by atoms with van der Waals surface area (Å²) in [6, 6.07) is 2.69. The van der Waals surface area contributed by atoms with Crippen LogP contribution in [-0.2, 0) is 19.6 Å². The van der Waals surface area contributed by atoms with E-state index in [4.69, 9.17) is 5.14 Å². The molecule has 2 N–H and O–H groups in total. The molecule has 0 aliphatic heterocycles. The van der Waals surface area contributed by atoms with Gasteiger partial charge in [-0.2, -0.15) is 0 Å². The minimum Gasteiger partial charge on any atom is -0.455 e. The first kappa shape index (κ1) is 13.5. The van der Waals surface area contributed by atoms with Gasteiger partial charge in [0.2, 0.25) is 0 Å². The van der Waals surface area contributed by atoms with E-state index in [2.05, 4.69) is 9.72 Å². The monoisotopic (exact) mass is 262 g/mol. The van der Waals surface area contributed by atoms with Gasteiger partial charge >= 0.3 is 5.97 Å². The highest BCUT2D eigenvalue weighted by molar-refractivity contribution is 7.89. The Hall–Kier alpha value is -1.54. The van der Waals surface area contributed by atoms with Crippen molar-refractivity contribution in [2.75, 3.05) is 6.67 Å². The van der Waals surface area contributed by atoms with Crippen LogP contribution in [0.4, 0.5) is 4.39 Å². The molecule has 0 aromatic carbocycles. The molecule has 6 nitrogen and oxygen atoms in total. The first-order valence-corrected chi connectivity index (χ1v) is 6.11. The number of primary sulfonamides is 1. The predicted molar refractivity (Wildman–Crippen MR) is 56.1 cm³/mol. The van der Waals surface area contributed by atoms with Crippen LogP contribution in [0, 0.1) is 0 Å². The number of carbonyl (C=O) groups is 1. The fraction of sp³-hybridized carbons (Fsp3) is 0.333. The highest BCUT2D eigenvalue weighted by Crippen LogP contribution is 2.23. The van der Waals surface area contributed by atoms with E-state index in [-0.39, 0.29) is 5.56 Å². The maximum Gasteiger partial charge on any atom is 0.303 e. The van der Waals surface area contributed by atoms with Crippen LogP contribution in [0.2, 0.25) is 0 Å². The number of pyridine rings is 1. The lowest BCUT2D eigenvalue weighted by Gasteiger charge is -2.15. The summed E-state index contributed by atoms with van der Waals surface area (Å²) in [5, 5.41) is 4.43. The summed E-state index contributed by atoms with van der Waals surface area (Å²) in [7, 11) is -4.09. The highest BCUT2D eigenvalue weighted by atomic mass is 32.2. The number of nitrogens with two attached hydrogens (primary N) is 1. The van der Waals surface area contributed by atoms with Crippen molar-refractivity contribution >= 4 is 16.0 Å². The van der Waals surface area contributed by atoms with E-state index >= 15 is 0 Å². The maximum atomic E-state index is 12.7. The van der Waals surface area contributed by atoms with Gasteiger partial charge in [0.1, 0.15) is 6.67 Å². The maximum absolute atomic E-state index is 12.7. The molecule has 0 aliphatic rings. The van der Waals surface area contributed by atoms with Gasteiger partial charge in [0, 0.05) is 18.7 Å². The van der Waals surface area contributed by atoms with E-state index < -0.39 is 33.8 Å². The van der Waals surface area contributed by atoms with Crippen LogP contribution in [0.25, 0.3) is 0 Å². The normalized spacial score (nSPS) is 13.1. The van der Waals surface area contributed by atoms with Gasteiger partial charge in [-0.05, 0) is 6.07 Å². The summed E-state index contributed by atoms with van der Waals surface area (Å²) in [6.07, 6.45) is -0.124. The lowest BCUT2D eigenvalue weighted by atomic mass is 10.2. The van der Waals surface area contributed by atoms with E-state index in [0.29, 0.717) is 0 Å². The molecular weight excluding hydrogens is 251 g/mol. The molecule has 1 aromatic rings. The van der Waals surface area contributed by atoms with Crippen molar-refractivity contribution in [3.05, 3.63) is 23.9 Å². The Bertz CT molecular complexity index is 517. The van der Waals surface area contributed by atoms with Crippen molar-refractivity contribution in [2.45, 2.75) is 18.1 Å². The Morgan fingerprint density at radius 1 is 1.65 bits per heavy atom. The predicted octanol–water partition coefficient (Wildman–Crippen LogP) is 0.303. The standard InChI is InChI=1S/C9H11FN2O4S/c1-6(13)16-8(5-10)7-3-2-4-12-9(7)17(11,14)15/h2-4,8H,5H2,1H3,(H2,11,14,15). The number of hydrogen-bond acceptors (Lipinski definition) is 5. The Balaban J connectivity index is 3.24. The number of hydrogen-bond donors (Lipinski definition) is 1. The van der Waals surface area contributed by atoms with Gasteiger partial charge in [-0.15, -0.1) is 0 Å². The van der Waals surface area contributed by atoms with Crippen molar-refractivity contribution < 1.29 is 22.3 Å². The number of esters is 1. The molecule has 1 rings (SSSR count). The highest BCUT2D eigenvalue weighted by Gasteiger charge is 2.24. The van der Waals surface area contributed by atoms with Crippen LogP contribution in [0.1, 0.15) is 18.6 Å². The zero-order valence-electron chi connectivity index (χ0n) is 8.96. The molecule has 0 fully saturated rings. The largest absolute Gasteiger partial charge is 0.455 e. The number of sulfonamides is 1. The van der Waals surface area contributed by atoms with E-state index in [1.807, 2.05) is 0 Å². The third kappa shape index (κ3) is 3.46. The smallest absolute Gasteiger partial charge is 0.303 e. The van der Waals surface area contributed by atoms with E-state index in [0.717, 1.165) is 6.92 Å². The quantitative estimate of drug-likeness (QED) is 0.787. The fourth-order valence-electron chi connectivity index (χ4n) is 1.26. The average molecular weight is 262 g/mol. The number of carbonyl (C=O) groups excluding carboxylic acids is 1. The number of rotatable bonds is 4. The first-order chi connectivity index (χ1) is 7.86. The number of alkyl halides is 1. The van der Waals surface area contributed by atoms with Gasteiger partial charge in [0.15, 0.2) is 11.1 Å². The van der Waals surface area contributed by atoms with Gasteiger partial charge in [-0.25, -0.2) is 22.9 Å². The molecule has 0 spiro atoms. The number of aromatic nitrogens is 1. The van der Waals surface area contributed by atoms with Crippen molar-refractivity contribution in [1.82, 2.24) is 4.98 Å². The third-order valence-corrected chi connectivity index (χ3v) is 2.75. The zero-order valence-corrected chi connectivity index (χ0v) is 9.78. The Labute approximate surface area is 97.7 Å². The average Bonchev–Trinajstić information content (AvgIpc) is 2.24. The molecule has 94 valence electrons. The Morgan fingerprint density at radius 2 is 2.29 bits per heavy atom. The molecule has 1 atom stereocenters. The van der Waals surface area contributed by atoms with Crippen LogP contribution >= 0.6 is 0 Å². The number of ether oxygens (including phenoxy) is 1. The van der Waals surface area contributed by atoms with Crippen LogP contribution in [-0.4, -0.2) is 26.0 Å². The lowest BCUT2D eigenvalue weighted by molar-refractivity contribution is -0.147. The second-order valence-corrected chi connectivity index (χ2v) is 4.67. The molecule has 0 amide bonds. The summed E-state index contributed by atoms with van der Waals surface area (Å²) >= 11 is 0. The third-order valence-electron chi connectivity index (χ3n) is 1.87. The van der Waals surface area contributed by atoms with E-state index in [1.54, 1.807) is 0 Å². The summed E-state index contributed by atoms with van der Waals surface area (Å²) in [4.78, 5) is 14.3. The summed E-state index contributed by atoms with van der Waals surface area (Å²) in [5.74, 6) is -0.725. The van der Waals surface area contributed by atoms with Gasteiger partial charge < -0.3 is 4.74 Å². The minimum absolute atomic E-state index is 0.0762. The van der Waals surface area contributed by atoms with Gasteiger partial charge in [-0.3, -0.25) is 4.79 Å². The second kappa shape index (κ2) is 5.19. The van der Waals surface area contributed by atoms with Gasteiger partial charge in [0.05, 0.1) is 0 Å². The molecule has 1 heterocycles. The second-order valence-electron chi connectivity index (χ2n) is 3.20. The van der Waals surface area contributed by atoms with E-state index in [9.17, 15) is 17.6 Å². The molecule has 1 unspecified atom stereocenters.